The van der Waals surface area contributed by atoms with Gasteiger partial charge in [0.1, 0.15) is 0 Å². The lowest BCUT2D eigenvalue weighted by atomic mass is 9.95. The van der Waals surface area contributed by atoms with E-state index in [0.717, 1.165) is 40.6 Å². The Morgan fingerprint density at radius 1 is 1.02 bits per heavy atom. The summed E-state index contributed by atoms with van der Waals surface area (Å²) in [6.45, 7) is 6.98. The molecule has 2 heterocycles. The van der Waals surface area contributed by atoms with Gasteiger partial charge in [-0.05, 0) is 67.3 Å². The molecule has 0 fully saturated rings. The van der Waals surface area contributed by atoms with E-state index in [1.165, 1.54) is 22.3 Å². The molecule has 0 radical (unpaired) electrons. The van der Waals surface area contributed by atoms with Crippen LogP contribution in [0, 0.1) is 6.92 Å². The second-order valence-electron chi connectivity index (χ2n) is 10.1. The number of amides is 1. The van der Waals surface area contributed by atoms with Gasteiger partial charge in [-0.25, -0.2) is 4.98 Å². The fraction of sp³-hybridized carbons (Fsp3) is 0.265. The minimum absolute atomic E-state index is 0.0123. The van der Waals surface area contributed by atoms with Crippen molar-refractivity contribution in [3.05, 3.63) is 101 Å². The minimum Gasteiger partial charge on any atom is -0.503 e. The van der Waals surface area contributed by atoms with Crippen LogP contribution in [0.4, 0.5) is 5.13 Å². The van der Waals surface area contributed by atoms with Gasteiger partial charge in [0.25, 0.3) is 5.91 Å². The molecule has 1 atom stereocenters. The Kier molecular flexibility index (Phi) is 9.03. The number of nitrogens with zero attached hydrogens (tertiary/aromatic N) is 2. The topological polar surface area (TPSA) is 89.0 Å². The Balaban J connectivity index is 1.58. The molecule has 0 spiro atoms. The van der Waals surface area contributed by atoms with Gasteiger partial charge in [-0.15, -0.1) is 0 Å². The number of carbonyl (C=O) groups excluding carboxylic acids is 2. The Labute approximate surface area is 249 Å². The number of benzene rings is 3. The van der Waals surface area contributed by atoms with E-state index in [2.05, 4.69) is 6.92 Å². The third kappa shape index (κ3) is 6.09. The predicted molar refractivity (Wildman–Crippen MR) is 167 cm³/mol. The maximum Gasteiger partial charge on any atom is 0.296 e. The maximum absolute atomic E-state index is 13.7. The van der Waals surface area contributed by atoms with Gasteiger partial charge in [-0.2, -0.15) is 0 Å². The summed E-state index contributed by atoms with van der Waals surface area (Å²) in [4.78, 5) is 33.5. The number of hydrogen-bond donors (Lipinski definition) is 1. The fourth-order valence-corrected chi connectivity index (χ4v) is 6.03. The molecule has 1 aromatic heterocycles. The lowest BCUT2D eigenvalue weighted by Crippen LogP contribution is -2.30. The first-order chi connectivity index (χ1) is 20.4. The van der Waals surface area contributed by atoms with Gasteiger partial charge in [0.2, 0.25) is 0 Å². The number of anilines is 1. The highest BCUT2D eigenvalue weighted by molar-refractivity contribution is 7.22. The van der Waals surface area contributed by atoms with Gasteiger partial charge >= 0.3 is 0 Å². The van der Waals surface area contributed by atoms with E-state index in [1.807, 2.05) is 68.4 Å². The number of aliphatic hydroxyl groups excluding tert-OH is 1. The molecule has 1 N–H and O–H groups in total. The molecule has 3 aromatic carbocycles. The first kappa shape index (κ1) is 29.1. The molecule has 5 rings (SSSR count). The number of allylic oxidation sites excluding steroid dienone is 1. The number of thiazole rings is 1. The number of ketones is 1. The molecule has 1 aliphatic rings. The molecule has 42 heavy (non-hydrogen) atoms. The van der Waals surface area contributed by atoms with Crippen LogP contribution in [0.1, 0.15) is 55.8 Å². The van der Waals surface area contributed by atoms with Crippen molar-refractivity contribution in [2.45, 2.75) is 46.1 Å². The molecule has 1 aliphatic heterocycles. The van der Waals surface area contributed by atoms with Crippen molar-refractivity contribution in [1.82, 2.24) is 4.98 Å². The monoisotopic (exact) mass is 582 g/mol. The lowest BCUT2D eigenvalue weighted by Gasteiger charge is -2.25. The molecule has 0 saturated carbocycles. The highest BCUT2D eigenvalue weighted by Crippen LogP contribution is 2.45. The van der Waals surface area contributed by atoms with Crippen LogP contribution in [0.25, 0.3) is 16.3 Å². The van der Waals surface area contributed by atoms with E-state index >= 15 is 0 Å². The Morgan fingerprint density at radius 3 is 2.60 bits per heavy atom. The van der Waals surface area contributed by atoms with Crippen LogP contribution in [0.2, 0.25) is 0 Å². The number of aliphatic hydroxyl groups is 1. The second-order valence-corrected chi connectivity index (χ2v) is 11.1. The summed E-state index contributed by atoms with van der Waals surface area (Å²) in [6, 6.07) is 19.7. The van der Waals surface area contributed by atoms with Crippen molar-refractivity contribution in [3.63, 3.8) is 0 Å². The van der Waals surface area contributed by atoms with Crippen molar-refractivity contribution in [1.29, 1.82) is 0 Å². The zero-order valence-corrected chi connectivity index (χ0v) is 24.8. The average molecular weight is 583 g/mol. The molecule has 4 aromatic rings. The zero-order chi connectivity index (χ0) is 29.6. The van der Waals surface area contributed by atoms with E-state index in [9.17, 15) is 14.7 Å². The quantitative estimate of drug-likeness (QED) is 0.136. The van der Waals surface area contributed by atoms with Crippen LogP contribution in [-0.2, 0) is 9.59 Å². The molecule has 1 unspecified atom stereocenters. The number of fused-ring (bicyclic) bond motifs is 1. The van der Waals surface area contributed by atoms with Gasteiger partial charge in [-0.1, -0.05) is 79.6 Å². The number of rotatable bonds is 12. The van der Waals surface area contributed by atoms with E-state index in [-0.39, 0.29) is 5.57 Å². The molecule has 216 valence electrons. The summed E-state index contributed by atoms with van der Waals surface area (Å²) < 4.78 is 12.9. The summed E-state index contributed by atoms with van der Waals surface area (Å²) in [6.07, 6.45) is 6.14. The standard InChI is InChI=1S/C34H34N2O5S/c1-4-6-10-19-41-27-18-15-24(21-28(27)40-5-2)31-30(26(37)17-14-23-11-8-7-9-12-23)32(38)33(39)36(31)34-35-25-16-13-22(3)20-29(25)42-34/h7-9,11-18,20-21,31,38H,4-6,10,19H2,1-3H3/b17-14+. The Morgan fingerprint density at radius 2 is 1.83 bits per heavy atom. The van der Waals surface area contributed by atoms with Crippen LogP contribution in [0.15, 0.2) is 84.1 Å². The van der Waals surface area contributed by atoms with Crippen LogP contribution < -0.4 is 14.4 Å². The Hall–Kier alpha value is -4.43. The Bertz CT molecular complexity index is 1660. The third-order valence-corrected chi connectivity index (χ3v) is 8.05. The largest absolute Gasteiger partial charge is 0.503 e. The normalized spacial score (nSPS) is 15.3. The SMILES string of the molecule is CCCCCOc1ccc(C2C(C(=O)/C=C/c3ccccc3)=C(O)C(=O)N2c2nc3ccc(C)cc3s2)cc1OCC. The van der Waals surface area contributed by atoms with E-state index in [1.54, 1.807) is 18.2 Å². The summed E-state index contributed by atoms with van der Waals surface area (Å²) >= 11 is 1.34. The van der Waals surface area contributed by atoms with Crippen molar-refractivity contribution < 1.29 is 24.2 Å². The zero-order valence-electron chi connectivity index (χ0n) is 24.0. The first-order valence-corrected chi connectivity index (χ1v) is 15.0. The second kappa shape index (κ2) is 13.0. The van der Waals surface area contributed by atoms with Crippen molar-refractivity contribution in [2.75, 3.05) is 18.1 Å². The summed E-state index contributed by atoms with van der Waals surface area (Å²) in [5.74, 6) is -0.627. The molecular weight excluding hydrogens is 548 g/mol. The van der Waals surface area contributed by atoms with Gasteiger partial charge in [-0.3, -0.25) is 14.5 Å². The van der Waals surface area contributed by atoms with Gasteiger partial charge in [0, 0.05) is 0 Å². The van der Waals surface area contributed by atoms with Gasteiger partial charge in [0.15, 0.2) is 28.2 Å². The first-order valence-electron chi connectivity index (χ1n) is 14.2. The molecule has 0 bridgehead atoms. The average Bonchev–Trinajstić information content (AvgIpc) is 3.52. The summed E-state index contributed by atoms with van der Waals surface area (Å²) in [7, 11) is 0. The number of aromatic nitrogens is 1. The predicted octanol–water partition coefficient (Wildman–Crippen LogP) is 7.75. The van der Waals surface area contributed by atoms with Gasteiger partial charge < -0.3 is 14.6 Å². The molecule has 1 amide bonds. The number of unbranched alkanes of at least 4 members (excludes halogenated alkanes) is 2. The molecule has 8 heteroatoms. The highest BCUT2D eigenvalue weighted by atomic mass is 32.1. The number of hydrogen-bond acceptors (Lipinski definition) is 7. The lowest BCUT2D eigenvalue weighted by molar-refractivity contribution is -0.117. The van der Waals surface area contributed by atoms with Crippen LogP contribution in [-0.4, -0.2) is 35.0 Å². The van der Waals surface area contributed by atoms with Gasteiger partial charge in [0.05, 0.1) is 35.0 Å². The molecule has 0 aliphatic carbocycles. The molecular formula is C34H34N2O5S. The van der Waals surface area contributed by atoms with Crippen LogP contribution >= 0.6 is 11.3 Å². The van der Waals surface area contributed by atoms with Crippen molar-refractivity contribution >= 4 is 44.5 Å². The smallest absolute Gasteiger partial charge is 0.296 e. The molecule has 0 saturated heterocycles. The van der Waals surface area contributed by atoms with Crippen molar-refractivity contribution in [2.24, 2.45) is 0 Å². The third-order valence-electron chi connectivity index (χ3n) is 7.03. The molecule has 7 nitrogen and oxygen atoms in total. The van der Waals surface area contributed by atoms with Crippen LogP contribution in [0.5, 0.6) is 11.5 Å². The van der Waals surface area contributed by atoms with E-state index < -0.39 is 23.5 Å². The number of carbonyl (C=O) groups is 2. The minimum atomic E-state index is -0.916. The van der Waals surface area contributed by atoms with Crippen molar-refractivity contribution in [3.8, 4) is 11.5 Å². The van der Waals surface area contributed by atoms with E-state index in [0.29, 0.717) is 35.4 Å². The van der Waals surface area contributed by atoms with E-state index in [4.69, 9.17) is 14.5 Å². The fourth-order valence-electron chi connectivity index (χ4n) is 4.93. The van der Waals surface area contributed by atoms with Crippen LogP contribution in [0.3, 0.4) is 0 Å². The number of aryl methyl sites for hydroxylation is 1. The summed E-state index contributed by atoms with van der Waals surface area (Å²) in [5.41, 5.74) is 3.22. The summed E-state index contributed by atoms with van der Waals surface area (Å²) in [5, 5.41) is 11.5. The maximum atomic E-state index is 13.7. The number of ether oxygens (including phenoxy) is 2. The highest BCUT2D eigenvalue weighted by Gasteiger charge is 2.45.